The van der Waals surface area contributed by atoms with E-state index in [9.17, 15) is 4.79 Å². The molecule has 1 heterocycles. The summed E-state index contributed by atoms with van der Waals surface area (Å²) in [4.78, 5) is 21.4. The van der Waals surface area contributed by atoms with Crippen LogP contribution in [-0.2, 0) is 11.3 Å². The largest absolute Gasteiger partial charge is 0.497 e. The van der Waals surface area contributed by atoms with Gasteiger partial charge in [0.25, 0.3) is 0 Å². The van der Waals surface area contributed by atoms with Gasteiger partial charge in [0.2, 0.25) is 0 Å². The molecular weight excluding hydrogens is 320 g/mol. The highest BCUT2D eigenvalue weighted by Gasteiger charge is 2.13. The molecule has 6 nitrogen and oxygen atoms in total. The minimum atomic E-state index is -0.480. The fourth-order valence-corrected chi connectivity index (χ4v) is 2.40. The molecule has 6 heteroatoms. The number of rotatable bonds is 5. The number of ether oxygens (including phenoxy) is 3. The van der Waals surface area contributed by atoms with E-state index < -0.39 is 5.97 Å². The zero-order valence-electron chi connectivity index (χ0n) is 14.3. The van der Waals surface area contributed by atoms with Crippen LogP contribution < -0.4 is 9.47 Å². The maximum absolute atomic E-state index is 12.3. The van der Waals surface area contributed by atoms with Crippen LogP contribution in [0.4, 0.5) is 0 Å². The zero-order valence-corrected chi connectivity index (χ0v) is 14.3. The summed E-state index contributed by atoms with van der Waals surface area (Å²) < 4.78 is 15.7. The van der Waals surface area contributed by atoms with Gasteiger partial charge in [0.1, 0.15) is 18.1 Å². The smallest absolute Gasteiger partial charge is 0.338 e. The predicted octanol–water partition coefficient (Wildman–Crippen LogP) is 3.31. The summed E-state index contributed by atoms with van der Waals surface area (Å²) in [6.45, 7) is 1.89. The third-order valence-corrected chi connectivity index (χ3v) is 3.77. The quantitative estimate of drug-likeness (QED) is 0.665. The summed E-state index contributed by atoms with van der Waals surface area (Å²) in [7, 11) is 3.05. The van der Waals surface area contributed by atoms with Crippen LogP contribution in [0.2, 0.25) is 0 Å². The molecule has 0 amide bonds. The molecule has 0 radical (unpaired) electrons. The first kappa shape index (κ1) is 16.7. The van der Waals surface area contributed by atoms with E-state index in [1.807, 2.05) is 31.2 Å². The van der Waals surface area contributed by atoms with Crippen molar-refractivity contribution in [2.45, 2.75) is 13.5 Å². The Labute approximate surface area is 145 Å². The standard InChI is InChI=1S/C19H18N2O4/c1-12-18(21-17-7-5-4-6-16(17)20-12)11-25-19(22)13-8-14(23-2)10-15(9-13)24-3/h4-10H,11H2,1-3H3. The van der Waals surface area contributed by atoms with Crippen LogP contribution in [0.15, 0.2) is 42.5 Å². The predicted molar refractivity (Wildman–Crippen MR) is 92.9 cm³/mol. The second kappa shape index (κ2) is 7.17. The molecule has 0 bridgehead atoms. The van der Waals surface area contributed by atoms with E-state index in [0.717, 1.165) is 16.7 Å². The Morgan fingerprint density at radius 2 is 1.56 bits per heavy atom. The summed E-state index contributed by atoms with van der Waals surface area (Å²) in [6, 6.07) is 12.5. The number of para-hydroxylation sites is 2. The number of carbonyl (C=O) groups excluding carboxylic acids is 1. The van der Waals surface area contributed by atoms with Gasteiger partial charge in [-0.1, -0.05) is 12.1 Å². The normalized spacial score (nSPS) is 10.5. The first-order valence-electron chi connectivity index (χ1n) is 7.73. The van der Waals surface area contributed by atoms with Gasteiger partial charge in [0.15, 0.2) is 0 Å². The van der Waals surface area contributed by atoms with E-state index in [-0.39, 0.29) is 6.61 Å². The Balaban J connectivity index is 1.79. The molecule has 0 fully saturated rings. The molecule has 2 aromatic carbocycles. The van der Waals surface area contributed by atoms with Crippen LogP contribution in [0.3, 0.4) is 0 Å². The highest BCUT2D eigenvalue weighted by atomic mass is 16.5. The van der Waals surface area contributed by atoms with Gasteiger partial charge in [0, 0.05) is 6.07 Å². The van der Waals surface area contributed by atoms with Gasteiger partial charge in [-0.25, -0.2) is 14.8 Å². The van der Waals surface area contributed by atoms with Gasteiger partial charge >= 0.3 is 5.97 Å². The Morgan fingerprint density at radius 3 is 2.16 bits per heavy atom. The van der Waals surface area contributed by atoms with Gasteiger partial charge < -0.3 is 14.2 Å². The van der Waals surface area contributed by atoms with Gasteiger partial charge in [-0.15, -0.1) is 0 Å². The molecule has 1 aromatic heterocycles. The average molecular weight is 338 g/mol. The number of methoxy groups -OCH3 is 2. The van der Waals surface area contributed by atoms with Crippen molar-refractivity contribution in [3.63, 3.8) is 0 Å². The van der Waals surface area contributed by atoms with Gasteiger partial charge in [-0.3, -0.25) is 0 Å². The van der Waals surface area contributed by atoms with Crippen molar-refractivity contribution in [1.29, 1.82) is 0 Å². The van der Waals surface area contributed by atoms with Crippen molar-refractivity contribution in [3.05, 3.63) is 59.4 Å². The topological polar surface area (TPSA) is 70.5 Å². The van der Waals surface area contributed by atoms with E-state index in [1.165, 1.54) is 14.2 Å². The van der Waals surface area contributed by atoms with Crippen LogP contribution in [-0.4, -0.2) is 30.2 Å². The molecule has 0 aliphatic heterocycles. The Bertz CT molecular complexity index is 902. The second-order valence-corrected chi connectivity index (χ2v) is 5.42. The lowest BCUT2D eigenvalue weighted by Gasteiger charge is -2.10. The number of fused-ring (bicyclic) bond motifs is 1. The lowest BCUT2D eigenvalue weighted by atomic mass is 10.2. The maximum Gasteiger partial charge on any atom is 0.338 e. The number of hydrogen-bond donors (Lipinski definition) is 0. The van der Waals surface area contributed by atoms with E-state index in [1.54, 1.807) is 18.2 Å². The van der Waals surface area contributed by atoms with Crippen molar-refractivity contribution >= 4 is 17.0 Å². The Hall–Kier alpha value is -3.15. The molecule has 0 spiro atoms. The number of carbonyl (C=O) groups is 1. The third-order valence-electron chi connectivity index (χ3n) is 3.77. The van der Waals surface area contributed by atoms with Gasteiger partial charge in [0.05, 0.1) is 42.2 Å². The van der Waals surface area contributed by atoms with Gasteiger partial charge in [-0.05, 0) is 31.2 Å². The molecule has 0 N–H and O–H groups in total. The molecule has 0 unspecified atom stereocenters. The summed E-state index contributed by atoms with van der Waals surface area (Å²) in [5.74, 6) is 0.563. The Morgan fingerprint density at radius 1 is 0.960 bits per heavy atom. The molecule has 128 valence electrons. The third kappa shape index (κ3) is 3.68. The highest BCUT2D eigenvalue weighted by molar-refractivity contribution is 5.90. The molecule has 0 aliphatic rings. The summed E-state index contributed by atoms with van der Waals surface area (Å²) in [5, 5.41) is 0. The van der Waals surface area contributed by atoms with Crippen molar-refractivity contribution in [3.8, 4) is 11.5 Å². The summed E-state index contributed by atoms with van der Waals surface area (Å²) >= 11 is 0. The monoisotopic (exact) mass is 338 g/mol. The van der Waals surface area contributed by atoms with Crippen molar-refractivity contribution in [2.75, 3.05) is 14.2 Å². The molecule has 0 aliphatic carbocycles. The van der Waals surface area contributed by atoms with Crippen LogP contribution >= 0.6 is 0 Å². The van der Waals surface area contributed by atoms with Crippen LogP contribution in [0.1, 0.15) is 21.7 Å². The second-order valence-electron chi connectivity index (χ2n) is 5.42. The molecule has 3 rings (SSSR count). The van der Waals surface area contributed by atoms with Crippen LogP contribution in [0, 0.1) is 6.92 Å². The van der Waals surface area contributed by atoms with Crippen LogP contribution in [0.5, 0.6) is 11.5 Å². The Kier molecular flexibility index (Phi) is 4.79. The molecular formula is C19H18N2O4. The lowest BCUT2D eigenvalue weighted by Crippen LogP contribution is -2.08. The maximum atomic E-state index is 12.3. The summed E-state index contributed by atoms with van der Waals surface area (Å²) in [5.41, 5.74) is 3.29. The average Bonchev–Trinajstić information content (AvgIpc) is 2.65. The van der Waals surface area contributed by atoms with Crippen LogP contribution in [0.25, 0.3) is 11.0 Å². The fourth-order valence-electron chi connectivity index (χ4n) is 2.40. The fraction of sp³-hybridized carbons (Fsp3) is 0.211. The SMILES string of the molecule is COc1cc(OC)cc(C(=O)OCc2nc3ccccc3nc2C)c1. The minimum Gasteiger partial charge on any atom is -0.497 e. The molecule has 25 heavy (non-hydrogen) atoms. The molecule has 0 saturated carbocycles. The van der Waals surface area contributed by atoms with Crippen molar-refractivity contribution < 1.29 is 19.0 Å². The zero-order chi connectivity index (χ0) is 17.8. The molecule has 0 saturated heterocycles. The van der Waals surface area contributed by atoms with Crippen molar-refractivity contribution in [1.82, 2.24) is 9.97 Å². The number of nitrogens with zero attached hydrogens (tertiary/aromatic N) is 2. The number of hydrogen-bond acceptors (Lipinski definition) is 6. The number of aryl methyl sites for hydroxylation is 1. The number of esters is 1. The van der Waals surface area contributed by atoms with E-state index >= 15 is 0 Å². The van der Waals surface area contributed by atoms with Gasteiger partial charge in [-0.2, -0.15) is 0 Å². The first-order chi connectivity index (χ1) is 12.1. The van der Waals surface area contributed by atoms with E-state index in [2.05, 4.69) is 9.97 Å². The first-order valence-corrected chi connectivity index (χ1v) is 7.73. The molecule has 3 aromatic rings. The minimum absolute atomic E-state index is 0.0437. The summed E-state index contributed by atoms with van der Waals surface area (Å²) in [6.07, 6.45) is 0. The van der Waals surface area contributed by atoms with E-state index in [4.69, 9.17) is 14.2 Å². The van der Waals surface area contributed by atoms with E-state index in [0.29, 0.717) is 22.8 Å². The number of benzene rings is 2. The highest BCUT2D eigenvalue weighted by Crippen LogP contribution is 2.23. The molecule has 0 atom stereocenters. The lowest BCUT2D eigenvalue weighted by molar-refractivity contribution is 0.0466. The number of aromatic nitrogens is 2. The van der Waals surface area contributed by atoms with Crippen molar-refractivity contribution in [2.24, 2.45) is 0 Å².